The normalized spacial score (nSPS) is 10.6. The Labute approximate surface area is 122 Å². The fourth-order valence-electron chi connectivity index (χ4n) is 2.09. The molecule has 1 aromatic carbocycles. The van der Waals surface area contributed by atoms with Crippen molar-refractivity contribution in [2.75, 3.05) is 17.3 Å². The molecule has 0 fully saturated rings. The van der Waals surface area contributed by atoms with E-state index in [-0.39, 0.29) is 6.03 Å². The lowest BCUT2D eigenvalue weighted by Crippen LogP contribution is -2.32. The predicted octanol–water partition coefficient (Wildman–Crippen LogP) is 2.64. The highest BCUT2D eigenvalue weighted by Crippen LogP contribution is 2.18. The highest BCUT2D eigenvalue weighted by molar-refractivity contribution is 6.00. The number of hydrogen-bond donors (Lipinski definition) is 1. The molecule has 3 aromatic rings. The zero-order valence-corrected chi connectivity index (χ0v) is 11.8. The van der Waals surface area contributed by atoms with Crippen LogP contribution in [0.25, 0.3) is 11.0 Å². The number of aromatic nitrogens is 3. The molecule has 2 aromatic heterocycles. The molecule has 21 heavy (non-hydrogen) atoms. The lowest BCUT2D eigenvalue weighted by atomic mass is 10.3. The quantitative estimate of drug-likeness (QED) is 0.785. The maximum absolute atomic E-state index is 12.3. The molecule has 0 atom stereocenters. The van der Waals surface area contributed by atoms with E-state index in [4.69, 9.17) is 0 Å². The van der Waals surface area contributed by atoms with E-state index in [0.717, 1.165) is 11.0 Å². The van der Waals surface area contributed by atoms with Gasteiger partial charge >= 0.3 is 6.03 Å². The number of aryl methyl sites for hydroxylation is 1. The first-order chi connectivity index (χ1) is 10.2. The fourth-order valence-corrected chi connectivity index (χ4v) is 2.09. The Morgan fingerprint density at radius 3 is 2.67 bits per heavy atom. The standard InChI is InChI=1S/C15H15N5O/c1-19-12-8-4-3-7-11(12)17-14(19)18-15(21)20(2)13-9-5-6-10-16-13/h3-10H,1-2H3,(H,17,18,21). The fraction of sp³-hybridized carbons (Fsp3) is 0.133. The van der Waals surface area contributed by atoms with E-state index in [1.165, 1.54) is 4.90 Å². The maximum Gasteiger partial charge on any atom is 0.329 e. The number of fused-ring (bicyclic) bond motifs is 1. The van der Waals surface area contributed by atoms with Crippen LogP contribution in [-0.4, -0.2) is 27.6 Å². The Morgan fingerprint density at radius 2 is 1.95 bits per heavy atom. The molecule has 0 aliphatic heterocycles. The van der Waals surface area contributed by atoms with Crippen LogP contribution in [0.1, 0.15) is 0 Å². The third-order valence-corrected chi connectivity index (χ3v) is 3.30. The van der Waals surface area contributed by atoms with Crippen LogP contribution in [-0.2, 0) is 7.05 Å². The highest BCUT2D eigenvalue weighted by Gasteiger charge is 2.15. The molecule has 0 saturated heterocycles. The molecule has 1 N–H and O–H groups in total. The van der Waals surface area contributed by atoms with Crippen molar-refractivity contribution in [3.8, 4) is 0 Å². The molecule has 106 valence electrons. The number of amides is 2. The lowest BCUT2D eigenvalue weighted by molar-refractivity contribution is 0.257. The minimum absolute atomic E-state index is 0.285. The molecule has 0 unspecified atom stereocenters. The van der Waals surface area contributed by atoms with Crippen LogP contribution >= 0.6 is 0 Å². The minimum atomic E-state index is -0.285. The number of nitrogens with one attached hydrogen (secondary N) is 1. The number of pyridine rings is 1. The number of urea groups is 1. The molecule has 6 nitrogen and oxygen atoms in total. The molecular weight excluding hydrogens is 266 g/mol. The largest absolute Gasteiger partial charge is 0.329 e. The maximum atomic E-state index is 12.3. The van der Waals surface area contributed by atoms with Gasteiger partial charge in [-0.05, 0) is 24.3 Å². The summed E-state index contributed by atoms with van der Waals surface area (Å²) in [5, 5.41) is 2.80. The summed E-state index contributed by atoms with van der Waals surface area (Å²) in [6, 6.07) is 12.9. The lowest BCUT2D eigenvalue weighted by Gasteiger charge is -2.16. The second-order valence-electron chi connectivity index (χ2n) is 4.66. The van der Waals surface area contributed by atoms with Gasteiger partial charge in [0, 0.05) is 20.3 Å². The van der Waals surface area contributed by atoms with Gasteiger partial charge < -0.3 is 4.57 Å². The molecule has 2 heterocycles. The molecule has 6 heteroatoms. The monoisotopic (exact) mass is 281 g/mol. The molecule has 2 amide bonds. The molecule has 0 aliphatic rings. The molecular formula is C15H15N5O. The molecule has 0 spiro atoms. The number of nitrogens with zero attached hydrogens (tertiary/aromatic N) is 4. The van der Waals surface area contributed by atoms with Crippen LogP contribution < -0.4 is 10.2 Å². The number of hydrogen-bond acceptors (Lipinski definition) is 3. The Bertz CT molecular complexity index is 781. The van der Waals surface area contributed by atoms with Gasteiger partial charge in [-0.2, -0.15) is 0 Å². The van der Waals surface area contributed by atoms with Gasteiger partial charge in [0.25, 0.3) is 0 Å². The van der Waals surface area contributed by atoms with E-state index in [1.54, 1.807) is 25.4 Å². The van der Waals surface area contributed by atoms with Crippen molar-refractivity contribution in [1.29, 1.82) is 0 Å². The second kappa shape index (κ2) is 5.24. The smallest absolute Gasteiger partial charge is 0.313 e. The highest BCUT2D eigenvalue weighted by atomic mass is 16.2. The third-order valence-electron chi connectivity index (χ3n) is 3.30. The van der Waals surface area contributed by atoms with Gasteiger partial charge in [0.05, 0.1) is 11.0 Å². The van der Waals surface area contributed by atoms with E-state index in [0.29, 0.717) is 11.8 Å². The topological polar surface area (TPSA) is 63.1 Å². The molecule has 3 rings (SSSR count). The molecule has 0 radical (unpaired) electrons. The first kappa shape index (κ1) is 13.1. The summed E-state index contributed by atoms with van der Waals surface area (Å²) >= 11 is 0. The average Bonchev–Trinajstić information content (AvgIpc) is 2.84. The van der Waals surface area contributed by atoms with Crippen LogP contribution in [0.2, 0.25) is 0 Å². The Morgan fingerprint density at radius 1 is 1.19 bits per heavy atom. The van der Waals surface area contributed by atoms with Crippen molar-refractivity contribution in [3.63, 3.8) is 0 Å². The van der Waals surface area contributed by atoms with Crippen molar-refractivity contribution >= 4 is 28.8 Å². The van der Waals surface area contributed by atoms with Crippen molar-refractivity contribution in [1.82, 2.24) is 14.5 Å². The SMILES string of the molecule is CN(C(=O)Nc1nc2ccccc2n1C)c1ccccn1. The molecule has 0 aliphatic carbocycles. The van der Waals surface area contributed by atoms with Crippen LogP contribution in [0.5, 0.6) is 0 Å². The van der Waals surface area contributed by atoms with Crippen molar-refractivity contribution in [3.05, 3.63) is 48.7 Å². The van der Waals surface area contributed by atoms with Crippen molar-refractivity contribution in [2.24, 2.45) is 7.05 Å². The average molecular weight is 281 g/mol. The van der Waals surface area contributed by atoms with Gasteiger partial charge in [-0.1, -0.05) is 18.2 Å². The zero-order chi connectivity index (χ0) is 14.8. The Kier molecular flexibility index (Phi) is 3.27. The minimum Gasteiger partial charge on any atom is -0.313 e. The summed E-state index contributed by atoms with van der Waals surface area (Å²) in [5.74, 6) is 1.08. The van der Waals surface area contributed by atoms with Gasteiger partial charge in [-0.25, -0.2) is 14.8 Å². The van der Waals surface area contributed by atoms with Gasteiger partial charge in [0.15, 0.2) is 0 Å². The van der Waals surface area contributed by atoms with Crippen LogP contribution in [0.4, 0.5) is 16.6 Å². The first-order valence-corrected chi connectivity index (χ1v) is 6.54. The van der Waals surface area contributed by atoms with Gasteiger partial charge in [-0.15, -0.1) is 0 Å². The third kappa shape index (κ3) is 2.43. The van der Waals surface area contributed by atoms with E-state index in [1.807, 2.05) is 41.9 Å². The number of para-hydroxylation sites is 2. The number of imidazole rings is 1. The summed E-state index contributed by atoms with van der Waals surface area (Å²) < 4.78 is 1.85. The first-order valence-electron chi connectivity index (χ1n) is 6.54. The summed E-state index contributed by atoms with van der Waals surface area (Å²) in [5.41, 5.74) is 1.81. The number of carbonyl (C=O) groups excluding carboxylic acids is 1. The predicted molar refractivity (Wildman–Crippen MR) is 82.4 cm³/mol. The number of carbonyl (C=O) groups is 1. The van der Waals surface area contributed by atoms with E-state index >= 15 is 0 Å². The van der Waals surface area contributed by atoms with Gasteiger partial charge in [0.1, 0.15) is 5.82 Å². The number of rotatable bonds is 2. The summed E-state index contributed by atoms with van der Waals surface area (Å²) in [6.07, 6.45) is 1.65. The van der Waals surface area contributed by atoms with E-state index in [9.17, 15) is 4.79 Å². The number of anilines is 2. The zero-order valence-electron chi connectivity index (χ0n) is 11.8. The summed E-state index contributed by atoms with van der Waals surface area (Å²) in [7, 11) is 3.53. The molecule has 0 bridgehead atoms. The van der Waals surface area contributed by atoms with E-state index < -0.39 is 0 Å². The van der Waals surface area contributed by atoms with Crippen LogP contribution in [0.3, 0.4) is 0 Å². The van der Waals surface area contributed by atoms with Crippen molar-refractivity contribution in [2.45, 2.75) is 0 Å². The Hall–Kier alpha value is -2.89. The van der Waals surface area contributed by atoms with Crippen molar-refractivity contribution < 1.29 is 4.79 Å². The van der Waals surface area contributed by atoms with Crippen LogP contribution in [0.15, 0.2) is 48.7 Å². The second-order valence-corrected chi connectivity index (χ2v) is 4.66. The number of benzene rings is 1. The van der Waals surface area contributed by atoms with Gasteiger partial charge in [-0.3, -0.25) is 10.2 Å². The molecule has 0 saturated carbocycles. The van der Waals surface area contributed by atoms with Gasteiger partial charge in [0.2, 0.25) is 5.95 Å². The summed E-state index contributed by atoms with van der Waals surface area (Å²) in [6.45, 7) is 0. The Balaban J connectivity index is 1.85. The summed E-state index contributed by atoms with van der Waals surface area (Å²) in [4.78, 5) is 22.3. The van der Waals surface area contributed by atoms with E-state index in [2.05, 4.69) is 15.3 Å². The van der Waals surface area contributed by atoms with Crippen LogP contribution in [0, 0.1) is 0 Å².